The third-order valence-corrected chi connectivity index (χ3v) is 5.03. The lowest BCUT2D eigenvalue weighted by molar-refractivity contribution is 0.604. The Kier molecular flexibility index (Phi) is 4.46. The van der Waals surface area contributed by atoms with Crippen molar-refractivity contribution in [3.63, 3.8) is 0 Å². The van der Waals surface area contributed by atoms with Crippen LogP contribution in [-0.4, -0.2) is 9.96 Å². The molecule has 0 heterocycles. The Morgan fingerprint density at radius 3 is 2.76 bits per heavy atom. The van der Waals surface area contributed by atoms with Gasteiger partial charge in [-0.3, -0.25) is 4.21 Å². The molecule has 0 spiro atoms. The van der Waals surface area contributed by atoms with Crippen LogP contribution in [0.2, 0.25) is 5.02 Å². The molecule has 2 nitrogen and oxygen atoms in total. The van der Waals surface area contributed by atoms with Crippen LogP contribution >= 0.6 is 11.6 Å². The van der Waals surface area contributed by atoms with Crippen LogP contribution in [0.4, 0.5) is 5.69 Å². The Hall–Kier alpha value is -0.540. The van der Waals surface area contributed by atoms with Gasteiger partial charge in [-0.1, -0.05) is 24.4 Å². The number of halogens is 1. The molecule has 0 aliphatic heterocycles. The molecule has 2 rings (SSSR count). The number of benzene rings is 1. The highest BCUT2D eigenvalue weighted by molar-refractivity contribution is 7.84. The van der Waals surface area contributed by atoms with E-state index in [-0.39, 0.29) is 0 Å². The monoisotopic (exact) mass is 271 g/mol. The van der Waals surface area contributed by atoms with Crippen LogP contribution in [0.5, 0.6) is 0 Å². The summed E-state index contributed by atoms with van der Waals surface area (Å²) >= 11 is 5.92. The molecule has 1 aliphatic rings. The zero-order chi connectivity index (χ0) is 12.3. The molecular formula is C13H18ClNOS. The van der Waals surface area contributed by atoms with Gasteiger partial charge in [0.25, 0.3) is 0 Å². The summed E-state index contributed by atoms with van der Waals surface area (Å²) in [5, 5.41) is 0.659. The number of hydrogen-bond acceptors (Lipinski definition) is 2. The molecule has 2 N–H and O–H groups in total. The first-order valence-electron chi connectivity index (χ1n) is 6.04. The lowest BCUT2D eigenvalue weighted by atomic mass is 10.1. The molecule has 0 saturated heterocycles. The van der Waals surface area contributed by atoms with Gasteiger partial charge in [-0.05, 0) is 42.5 Å². The van der Waals surface area contributed by atoms with Crippen LogP contribution in [0.1, 0.15) is 31.2 Å². The Labute approximate surface area is 110 Å². The minimum atomic E-state index is -0.818. The fraction of sp³-hybridized carbons (Fsp3) is 0.538. The molecule has 0 amide bonds. The first kappa shape index (κ1) is 12.9. The van der Waals surface area contributed by atoms with E-state index in [0.29, 0.717) is 22.4 Å². The second-order valence-corrected chi connectivity index (χ2v) is 6.68. The maximum atomic E-state index is 12.0. The Bertz CT molecular complexity index is 416. The van der Waals surface area contributed by atoms with Gasteiger partial charge in [0, 0.05) is 27.3 Å². The van der Waals surface area contributed by atoms with Gasteiger partial charge in [0.2, 0.25) is 0 Å². The van der Waals surface area contributed by atoms with E-state index < -0.39 is 10.8 Å². The zero-order valence-corrected chi connectivity index (χ0v) is 11.4. The van der Waals surface area contributed by atoms with Crippen LogP contribution in [0, 0.1) is 5.92 Å². The second-order valence-electron chi connectivity index (χ2n) is 4.74. The van der Waals surface area contributed by atoms with Crippen molar-refractivity contribution >= 4 is 28.1 Å². The lowest BCUT2D eigenvalue weighted by Gasteiger charge is -2.10. The Balaban J connectivity index is 1.95. The highest BCUT2D eigenvalue weighted by Gasteiger charge is 2.18. The standard InChI is InChI=1S/C13H18ClNOS/c14-12-5-6-13(15)11(7-12)9-17(16)8-10-3-1-2-4-10/h5-7,10H,1-4,8-9,15H2. The van der Waals surface area contributed by atoms with Crippen LogP contribution in [0.15, 0.2) is 18.2 Å². The van der Waals surface area contributed by atoms with Crippen molar-refractivity contribution in [3.8, 4) is 0 Å². The third kappa shape index (κ3) is 3.71. The van der Waals surface area contributed by atoms with E-state index in [4.69, 9.17) is 17.3 Å². The highest BCUT2D eigenvalue weighted by atomic mass is 35.5. The molecule has 1 atom stereocenters. The van der Waals surface area contributed by atoms with Crippen molar-refractivity contribution in [2.45, 2.75) is 31.4 Å². The molecule has 1 fully saturated rings. The van der Waals surface area contributed by atoms with E-state index in [9.17, 15) is 4.21 Å². The maximum Gasteiger partial charge on any atom is 0.0506 e. The molecular weight excluding hydrogens is 254 g/mol. The first-order valence-corrected chi connectivity index (χ1v) is 7.90. The molecule has 1 unspecified atom stereocenters. The van der Waals surface area contributed by atoms with Crippen molar-refractivity contribution in [1.29, 1.82) is 0 Å². The topological polar surface area (TPSA) is 43.1 Å². The van der Waals surface area contributed by atoms with Crippen LogP contribution in [-0.2, 0) is 16.6 Å². The summed E-state index contributed by atoms with van der Waals surface area (Å²) in [6.07, 6.45) is 5.05. The SMILES string of the molecule is Nc1ccc(Cl)cc1CS(=O)CC1CCCC1. The fourth-order valence-electron chi connectivity index (χ4n) is 2.37. The number of hydrogen-bond donors (Lipinski definition) is 1. The predicted octanol–water partition coefficient (Wildman–Crippen LogP) is 3.36. The molecule has 94 valence electrons. The fourth-order valence-corrected chi connectivity index (χ4v) is 4.14. The van der Waals surface area contributed by atoms with E-state index in [2.05, 4.69) is 0 Å². The average Bonchev–Trinajstić information content (AvgIpc) is 2.76. The minimum Gasteiger partial charge on any atom is -0.398 e. The highest BCUT2D eigenvalue weighted by Crippen LogP contribution is 2.26. The summed E-state index contributed by atoms with van der Waals surface area (Å²) in [7, 11) is -0.818. The van der Waals surface area contributed by atoms with Gasteiger partial charge in [-0.2, -0.15) is 0 Å². The lowest BCUT2D eigenvalue weighted by Crippen LogP contribution is -2.10. The zero-order valence-electron chi connectivity index (χ0n) is 9.82. The molecule has 0 aromatic heterocycles. The Morgan fingerprint density at radius 1 is 1.35 bits per heavy atom. The van der Waals surface area contributed by atoms with Crippen molar-refractivity contribution < 1.29 is 4.21 Å². The number of rotatable bonds is 4. The molecule has 4 heteroatoms. The van der Waals surface area contributed by atoms with E-state index in [1.54, 1.807) is 12.1 Å². The molecule has 1 aliphatic carbocycles. The summed E-state index contributed by atoms with van der Waals surface area (Å²) in [5.74, 6) is 1.99. The molecule has 0 radical (unpaired) electrons. The van der Waals surface area contributed by atoms with Crippen molar-refractivity contribution in [2.75, 3.05) is 11.5 Å². The van der Waals surface area contributed by atoms with Crippen molar-refractivity contribution in [1.82, 2.24) is 0 Å². The Morgan fingerprint density at radius 2 is 2.06 bits per heavy atom. The molecule has 1 aromatic rings. The largest absolute Gasteiger partial charge is 0.398 e. The van der Waals surface area contributed by atoms with Gasteiger partial charge in [0.15, 0.2) is 0 Å². The quantitative estimate of drug-likeness (QED) is 0.854. The van der Waals surface area contributed by atoms with E-state index in [0.717, 1.165) is 11.3 Å². The van der Waals surface area contributed by atoms with Crippen LogP contribution in [0.25, 0.3) is 0 Å². The normalized spacial score (nSPS) is 18.4. The van der Waals surface area contributed by atoms with Gasteiger partial charge in [0.05, 0.1) is 5.75 Å². The van der Waals surface area contributed by atoms with Gasteiger partial charge in [0.1, 0.15) is 0 Å². The van der Waals surface area contributed by atoms with Gasteiger partial charge >= 0.3 is 0 Å². The van der Waals surface area contributed by atoms with Crippen molar-refractivity contribution in [2.24, 2.45) is 5.92 Å². The third-order valence-electron chi connectivity index (χ3n) is 3.32. The van der Waals surface area contributed by atoms with Crippen LogP contribution < -0.4 is 5.73 Å². The molecule has 17 heavy (non-hydrogen) atoms. The summed E-state index contributed by atoms with van der Waals surface area (Å²) in [6.45, 7) is 0. The number of nitrogen functional groups attached to an aromatic ring is 1. The smallest absolute Gasteiger partial charge is 0.0506 e. The molecule has 1 aromatic carbocycles. The first-order chi connectivity index (χ1) is 8.15. The minimum absolute atomic E-state index is 0.531. The average molecular weight is 272 g/mol. The molecule has 1 saturated carbocycles. The van der Waals surface area contributed by atoms with Gasteiger partial charge < -0.3 is 5.73 Å². The summed E-state index contributed by atoms with van der Waals surface area (Å²) in [6, 6.07) is 5.37. The second kappa shape index (κ2) is 5.87. The van der Waals surface area contributed by atoms with Crippen molar-refractivity contribution in [3.05, 3.63) is 28.8 Å². The summed E-state index contributed by atoms with van der Waals surface area (Å²) < 4.78 is 12.0. The number of anilines is 1. The maximum absolute atomic E-state index is 12.0. The van der Waals surface area contributed by atoms with Crippen LogP contribution in [0.3, 0.4) is 0 Å². The van der Waals surface area contributed by atoms with E-state index in [1.807, 2.05) is 6.07 Å². The van der Waals surface area contributed by atoms with Gasteiger partial charge in [-0.15, -0.1) is 0 Å². The van der Waals surface area contributed by atoms with Gasteiger partial charge in [-0.25, -0.2) is 0 Å². The predicted molar refractivity (Wildman–Crippen MR) is 74.5 cm³/mol. The van der Waals surface area contributed by atoms with E-state index >= 15 is 0 Å². The summed E-state index contributed by atoms with van der Waals surface area (Å²) in [4.78, 5) is 0. The number of nitrogens with two attached hydrogens (primary N) is 1. The molecule has 0 bridgehead atoms. The summed E-state index contributed by atoms with van der Waals surface area (Å²) in [5.41, 5.74) is 7.45. The van der Waals surface area contributed by atoms with E-state index in [1.165, 1.54) is 25.7 Å².